The molecule has 0 bridgehead atoms. The van der Waals surface area contributed by atoms with Crippen molar-refractivity contribution in [1.82, 2.24) is 0 Å². The number of fused-ring (bicyclic) bond motifs is 1. The van der Waals surface area contributed by atoms with Crippen LogP contribution in [0.1, 0.15) is 44.1 Å². The molecule has 0 spiro atoms. The van der Waals surface area contributed by atoms with Gasteiger partial charge in [0.1, 0.15) is 5.82 Å². The first-order valence-electron chi connectivity index (χ1n) is 10.9. The maximum Gasteiger partial charge on any atom is 0.314 e. The van der Waals surface area contributed by atoms with Gasteiger partial charge in [0, 0.05) is 36.6 Å². The van der Waals surface area contributed by atoms with Crippen LogP contribution in [0.25, 0.3) is 0 Å². The Morgan fingerprint density at radius 2 is 1.84 bits per heavy atom. The normalized spacial score (nSPS) is 18.9. The lowest BCUT2D eigenvalue weighted by Gasteiger charge is -2.29. The Balaban J connectivity index is 1.36. The fourth-order valence-electron chi connectivity index (χ4n) is 4.11. The molecule has 0 radical (unpaired) electrons. The Hall–Kier alpha value is -3.42. The van der Waals surface area contributed by atoms with E-state index < -0.39 is 35.6 Å². The summed E-state index contributed by atoms with van der Waals surface area (Å²) in [6, 6.07) is 11.4. The summed E-state index contributed by atoms with van der Waals surface area (Å²) in [6.07, 6.45) is 2.45. The second-order valence-electron chi connectivity index (χ2n) is 8.20. The van der Waals surface area contributed by atoms with E-state index in [1.165, 1.54) is 38.3 Å². The molecule has 2 aliphatic rings. The van der Waals surface area contributed by atoms with Crippen LogP contribution in [-0.2, 0) is 19.1 Å². The van der Waals surface area contributed by atoms with Crippen LogP contribution in [-0.4, -0.2) is 37.0 Å². The second kappa shape index (κ2) is 9.38. The minimum atomic E-state index is -1.06. The number of nitrogens with zero attached hydrogens (tertiary/aromatic N) is 1. The first-order valence-corrected chi connectivity index (χ1v) is 10.9. The number of benzene rings is 2. The summed E-state index contributed by atoms with van der Waals surface area (Å²) in [4.78, 5) is 39.5. The van der Waals surface area contributed by atoms with E-state index in [1.807, 2.05) is 24.3 Å². The molecule has 2 aromatic carbocycles. The first-order chi connectivity index (χ1) is 15.4. The molecule has 2 amide bonds. The molecule has 168 valence electrons. The van der Waals surface area contributed by atoms with E-state index in [9.17, 15) is 18.8 Å². The predicted octanol–water partition coefficient (Wildman–Crippen LogP) is 3.81. The molecule has 4 rings (SSSR count). The lowest BCUT2D eigenvalue weighted by Crippen LogP contribution is -2.34. The average molecular weight is 439 g/mol. The van der Waals surface area contributed by atoms with Crippen molar-refractivity contribution in [3.8, 4) is 0 Å². The summed E-state index contributed by atoms with van der Waals surface area (Å²) < 4.78 is 18.8. The number of amides is 2. The molecule has 0 saturated carbocycles. The summed E-state index contributed by atoms with van der Waals surface area (Å²) in [7, 11) is 0. The first kappa shape index (κ1) is 21.8. The Labute approximate surface area is 185 Å². The molecule has 1 saturated heterocycles. The van der Waals surface area contributed by atoms with Crippen molar-refractivity contribution < 1.29 is 23.5 Å². The highest BCUT2D eigenvalue weighted by atomic mass is 19.1. The average Bonchev–Trinajstić information content (AvgIpc) is 2.79. The Morgan fingerprint density at radius 1 is 1.12 bits per heavy atom. The third kappa shape index (κ3) is 4.90. The summed E-state index contributed by atoms with van der Waals surface area (Å²) in [5, 5.41) is 5.30. The summed E-state index contributed by atoms with van der Waals surface area (Å²) in [5.74, 6) is -2.98. The zero-order valence-electron chi connectivity index (χ0n) is 17.9. The zero-order valence-corrected chi connectivity index (χ0v) is 17.9. The Kier molecular flexibility index (Phi) is 6.39. The molecule has 1 fully saturated rings. The van der Waals surface area contributed by atoms with Gasteiger partial charge in [-0.2, -0.15) is 0 Å². The van der Waals surface area contributed by atoms with E-state index in [0.717, 1.165) is 24.8 Å². The second-order valence-corrected chi connectivity index (χ2v) is 8.20. The van der Waals surface area contributed by atoms with E-state index in [-0.39, 0.29) is 12.1 Å². The standard InChI is InChI=1S/C24H26FN3O4/c1-15(23(30)26-17-6-8-18(9-7-17)28-11-3-2-4-12-28)32-24(31)20-14-22(29)27-21-13-16(25)5-10-19(20)21/h5-10,13,15,20H,2-4,11-12,14H2,1H3,(H,26,30)(H,27,29). The maximum absolute atomic E-state index is 13.5. The molecule has 0 aromatic heterocycles. The Morgan fingerprint density at radius 3 is 2.56 bits per heavy atom. The van der Waals surface area contributed by atoms with Gasteiger partial charge in [0.25, 0.3) is 5.91 Å². The topological polar surface area (TPSA) is 87.7 Å². The van der Waals surface area contributed by atoms with Crippen molar-refractivity contribution in [2.75, 3.05) is 28.6 Å². The van der Waals surface area contributed by atoms with Gasteiger partial charge in [0.05, 0.1) is 5.92 Å². The van der Waals surface area contributed by atoms with Gasteiger partial charge >= 0.3 is 5.97 Å². The molecule has 8 heteroatoms. The molecule has 32 heavy (non-hydrogen) atoms. The molecule has 2 unspecified atom stereocenters. The van der Waals surface area contributed by atoms with Crippen molar-refractivity contribution in [1.29, 1.82) is 0 Å². The van der Waals surface area contributed by atoms with Crippen molar-refractivity contribution in [3.05, 3.63) is 53.8 Å². The van der Waals surface area contributed by atoms with Gasteiger partial charge in [-0.1, -0.05) is 6.07 Å². The lowest BCUT2D eigenvalue weighted by molar-refractivity contribution is -0.155. The maximum atomic E-state index is 13.5. The van der Waals surface area contributed by atoms with Gasteiger partial charge < -0.3 is 20.3 Å². The highest BCUT2D eigenvalue weighted by Crippen LogP contribution is 2.34. The monoisotopic (exact) mass is 439 g/mol. The van der Waals surface area contributed by atoms with Gasteiger partial charge in [-0.15, -0.1) is 0 Å². The summed E-state index contributed by atoms with van der Waals surface area (Å²) in [5.41, 5.74) is 2.44. The van der Waals surface area contributed by atoms with Crippen LogP contribution in [0.4, 0.5) is 21.5 Å². The third-order valence-corrected chi connectivity index (χ3v) is 5.86. The molecule has 2 N–H and O–H groups in total. The SMILES string of the molecule is CC(OC(=O)C1CC(=O)Nc2cc(F)ccc21)C(=O)Nc1ccc(N2CCCCC2)cc1. The van der Waals surface area contributed by atoms with E-state index >= 15 is 0 Å². The highest BCUT2D eigenvalue weighted by molar-refractivity contribution is 6.01. The zero-order chi connectivity index (χ0) is 22.7. The largest absolute Gasteiger partial charge is 0.452 e. The number of esters is 1. The van der Waals surface area contributed by atoms with Gasteiger partial charge in [0.2, 0.25) is 5.91 Å². The molecule has 2 atom stereocenters. The number of hydrogen-bond acceptors (Lipinski definition) is 5. The van der Waals surface area contributed by atoms with Crippen LogP contribution in [0.5, 0.6) is 0 Å². The van der Waals surface area contributed by atoms with E-state index in [1.54, 1.807) is 0 Å². The van der Waals surface area contributed by atoms with Crippen molar-refractivity contribution in [3.63, 3.8) is 0 Å². The number of rotatable bonds is 5. The number of ether oxygens (including phenoxy) is 1. The van der Waals surface area contributed by atoms with Crippen molar-refractivity contribution >= 4 is 34.8 Å². The van der Waals surface area contributed by atoms with E-state index in [2.05, 4.69) is 15.5 Å². The molecule has 2 aromatic rings. The smallest absolute Gasteiger partial charge is 0.314 e. The Bertz CT molecular complexity index is 1020. The highest BCUT2D eigenvalue weighted by Gasteiger charge is 2.34. The third-order valence-electron chi connectivity index (χ3n) is 5.86. The molecule has 7 nitrogen and oxygen atoms in total. The molecule has 2 aliphatic heterocycles. The van der Waals surface area contributed by atoms with Crippen LogP contribution < -0.4 is 15.5 Å². The molecular weight excluding hydrogens is 413 g/mol. The lowest BCUT2D eigenvalue weighted by atomic mass is 9.90. The molecular formula is C24H26FN3O4. The summed E-state index contributed by atoms with van der Waals surface area (Å²) in [6.45, 7) is 3.55. The van der Waals surface area contributed by atoms with Crippen LogP contribution in [0.3, 0.4) is 0 Å². The van der Waals surface area contributed by atoms with Crippen molar-refractivity contribution in [2.24, 2.45) is 0 Å². The number of nitrogens with one attached hydrogen (secondary N) is 2. The minimum Gasteiger partial charge on any atom is -0.452 e. The molecule has 0 aliphatic carbocycles. The fraction of sp³-hybridized carbons (Fsp3) is 0.375. The quantitative estimate of drug-likeness (QED) is 0.692. The van der Waals surface area contributed by atoms with Crippen LogP contribution in [0, 0.1) is 5.82 Å². The number of halogens is 1. The number of hydrogen-bond donors (Lipinski definition) is 2. The van der Waals surface area contributed by atoms with Gasteiger partial charge in [0.15, 0.2) is 6.10 Å². The molecule has 2 heterocycles. The predicted molar refractivity (Wildman–Crippen MR) is 119 cm³/mol. The van der Waals surface area contributed by atoms with Crippen LogP contribution >= 0.6 is 0 Å². The summed E-state index contributed by atoms with van der Waals surface area (Å²) >= 11 is 0. The van der Waals surface area contributed by atoms with E-state index in [0.29, 0.717) is 11.3 Å². The number of carbonyl (C=O) groups excluding carboxylic acids is 3. The number of anilines is 3. The van der Waals surface area contributed by atoms with Crippen LogP contribution in [0.2, 0.25) is 0 Å². The fourth-order valence-corrected chi connectivity index (χ4v) is 4.11. The number of carbonyl (C=O) groups is 3. The van der Waals surface area contributed by atoms with Crippen LogP contribution in [0.15, 0.2) is 42.5 Å². The van der Waals surface area contributed by atoms with Gasteiger partial charge in [-0.05, 0) is 68.1 Å². The van der Waals surface area contributed by atoms with Gasteiger partial charge in [-0.25, -0.2) is 4.39 Å². The number of piperidine rings is 1. The minimum absolute atomic E-state index is 0.121. The van der Waals surface area contributed by atoms with Crippen molar-refractivity contribution in [2.45, 2.75) is 44.6 Å². The van der Waals surface area contributed by atoms with Gasteiger partial charge in [-0.3, -0.25) is 14.4 Å². The van der Waals surface area contributed by atoms with E-state index in [4.69, 9.17) is 4.74 Å².